The third-order valence-electron chi connectivity index (χ3n) is 5.11. The summed E-state index contributed by atoms with van der Waals surface area (Å²) in [5.74, 6) is 1.61. The van der Waals surface area contributed by atoms with Crippen LogP contribution in [0.3, 0.4) is 0 Å². The summed E-state index contributed by atoms with van der Waals surface area (Å²) in [7, 11) is 0. The fourth-order valence-corrected chi connectivity index (χ4v) is 5.00. The van der Waals surface area contributed by atoms with Crippen molar-refractivity contribution in [3.63, 3.8) is 0 Å². The van der Waals surface area contributed by atoms with Crippen molar-refractivity contribution >= 4 is 23.5 Å². The molecule has 0 aliphatic heterocycles. The lowest BCUT2D eigenvalue weighted by molar-refractivity contribution is 0.603. The number of hydrogen-bond donors (Lipinski definition) is 0. The van der Waals surface area contributed by atoms with E-state index >= 15 is 0 Å². The van der Waals surface area contributed by atoms with Gasteiger partial charge in [0.25, 0.3) is 0 Å². The SMILES string of the molecule is c1ccc(Cn2nnnc2SCc2ccc(CSc3nnnn3Cc3ccccc3)cc2)cc1. The molecule has 0 amide bonds. The van der Waals surface area contributed by atoms with Gasteiger partial charge in [-0.05, 0) is 43.1 Å². The summed E-state index contributed by atoms with van der Waals surface area (Å²) in [4.78, 5) is 0. The lowest BCUT2D eigenvalue weighted by atomic mass is 10.2. The summed E-state index contributed by atoms with van der Waals surface area (Å²) in [5, 5.41) is 26.0. The van der Waals surface area contributed by atoms with Crippen LogP contribution in [0.5, 0.6) is 0 Å². The van der Waals surface area contributed by atoms with Gasteiger partial charge in [0.05, 0.1) is 13.1 Å². The van der Waals surface area contributed by atoms with Gasteiger partial charge in [0.15, 0.2) is 0 Å². The van der Waals surface area contributed by atoms with Crippen LogP contribution in [0.4, 0.5) is 0 Å². The fraction of sp³-hybridized carbons (Fsp3) is 0.167. The molecule has 0 spiro atoms. The maximum Gasteiger partial charge on any atom is 0.209 e. The predicted molar refractivity (Wildman–Crippen MR) is 132 cm³/mol. The van der Waals surface area contributed by atoms with Crippen LogP contribution < -0.4 is 0 Å². The Morgan fingerprint density at radius 2 is 0.912 bits per heavy atom. The first kappa shape index (κ1) is 22.3. The van der Waals surface area contributed by atoms with Gasteiger partial charge in [-0.15, -0.1) is 10.2 Å². The number of benzene rings is 3. The van der Waals surface area contributed by atoms with Crippen molar-refractivity contribution < 1.29 is 0 Å². The lowest BCUT2D eigenvalue weighted by Crippen LogP contribution is -2.04. The van der Waals surface area contributed by atoms with E-state index in [4.69, 9.17) is 0 Å². The van der Waals surface area contributed by atoms with E-state index in [0.717, 1.165) is 21.8 Å². The lowest BCUT2D eigenvalue weighted by Gasteiger charge is -2.06. The van der Waals surface area contributed by atoms with E-state index in [9.17, 15) is 0 Å². The maximum absolute atomic E-state index is 4.18. The monoisotopic (exact) mass is 486 g/mol. The number of thioether (sulfide) groups is 2. The van der Waals surface area contributed by atoms with Crippen molar-refractivity contribution in [3.8, 4) is 0 Å². The van der Waals surface area contributed by atoms with E-state index in [1.165, 1.54) is 22.3 Å². The molecule has 0 saturated heterocycles. The van der Waals surface area contributed by atoms with Gasteiger partial charge in [-0.25, -0.2) is 9.36 Å². The average molecular weight is 487 g/mol. The molecule has 3 aromatic carbocycles. The Bertz CT molecular complexity index is 1200. The zero-order valence-electron chi connectivity index (χ0n) is 18.3. The van der Waals surface area contributed by atoms with Crippen LogP contribution in [-0.2, 0) is 24.6 Å². The Hall–Kier alpha value is -3.50. The van der Waals surface area contributed by atoms with E-state index in [0.29, 0.717) is 13.1 Å². The van der Waals surface area contributed by atoms with E-state index in [-0.39, 0.29) is 0 Å². The molecule has 10 heteroatoms. The highest BCUT2D eigenvalue weighted by atomic mass is 32.2. The van der Waals surface area contributed by atoms with Crippen molar-refractivity contribution in [1.82, 2.24) is 40.4 Å². The molecule has 5 rings (SSSR count). The molecule has 34 heavy (non-hydrogen) atoms. The van der Waals surface area contributed by atoms with Crippen LogP contribution in [0, 0.1) is 0 Å². The molecule has 170 valence electrons. The van der Waals surface area contributed by atoms with Gasteiger partial charge in [-0.3, -0.25) is 0 Å². The molecule has 5 aromatic rings. The summed E-state index contributed by atoms with van der Waals surface area (Å²) in [5.41, 5.74) is 4.80. The second-order valence-electron chi connectivity index (χ2n) is 7.60. The Labute approximate surface area is 205 Å². The summed E-state index contributed by atoms with van der Waals surface area (Å²) >= 11 is 3.28. The van der Waals surface area contributed by atoms with Crippen LogP contribution in [0.25, 0.3) is 0 Å². The molecule has 0 bridgehead atoms. The van der Waals surface area contributed by atoms with Crippen LogP contribution in [0.1, 0.15) is 22.3 Å². The van der Waals surface area contributed by atoms with Gasteiger partial charge in [0.2, 0.25) is 10.3 Å². The van der Waals surface area contributed by atoms with E-state index in [1.54, 1.807) is 23.5 Å². The quantitative estimate of drug-likeness (QED) is 0.270. The zero-order chi connectivity index (χ0) is 23.0. The molecule has 0 aliphatic rings. The van der Waals surface area contributed by atoms with Crippen molar-refractivity contribution in [3.05, 3.63) is 107 Å². The van der Waals surface area contributed by atoms with Crippen LogP contribution in [0.15, 0.2) is 95.2 Å². The summed E-state index contributed by atoms with van der Waals surface area (Å²) < 4.78 is 3.68. The first-order valence-electron chi connectivity index (χ1n) is 10.8. The van der Waals surface area contributed by atoms with Crippen molar-refractivity contribution in [2.45, 2.75) is 34.9 Å². The fourth-order valence-electron chi connectivity index (χ4n) is 3.34. The number of rotatable bonds is 10. The highest BCUT2D eigenvalue weighted by Crippen LogP contribution is 2.24. The van der Waals surface area contributed by atoms with E-state index in [1.807, 2.05) is 45.8 Å². The third-order valence-corrected chi connectivity index (χ3v) is 7.16. The Balaban J connectivity index is 1.14. The minimum atomic E-state index is 0.663. The van der Waals surface area contributed by atoms with Crippen molar-refractivity contribution in [2.75, 3.05) is 0 Å². The van der Waals surface area contributed by atoms with Gasteiger partial charge in [0, 0.05) is 11.5 Å². The molecule has 0 aliphatic carbocycles. The zero-order valence-corrected chi connectivity index (χ0v) is 19.9. The summed E-state index contributed by atoms with van der Waals surface area (Å²) in [6.45, 7) is 1.33. The third kappa shape index (κ3) is 5.89. The number of aromatic nitrogens is 8. The molecule has 0 radical (unpaired) electrons. The number of hydrogen-bond acceptors (Lipinski definition) is 8. The first-order valence-corrected chi connectivity index (χ1v) is 12.7. The molecule has 2 aromatic heterocycles. The molecule has 0 unspecified atom stereocenters. The van der Waals surface area contributed by atoms with E-state index < -0.39 is 0 Å². The highest BCUT2D eigenvalue weighted by molar-refractivity contribution is 7.98. The number of tetrazole rings is 2. The van der Waals surface area contributed by atoms with Gasteiger partial charge in [-0.2, -0.15) is 0 Å². The van der Waals surface area contributed by atoms with Crippen molar-refractivity contribution in [1.29, 1.82) is 0 Å². The standard InChI is InChI=1S/C24H22N8S2/c1-3-7-19(8-4-1)15-31-23(25-27-29-31)33-17-21-11-13-22(14-12-21)18-34-24-26-28-30-32(24)16-20-9-5-2-6-10-20/h1-14H,15-18H2. The highest BCUT2D eigenvalue weighted by Gasteiger charge is 2.10. The molecule has 0 atom stereocenters. The molecule has 0 N–H and O–H groups in total. The molecular weight excluding hydrogens is 464 g/mol. The Morgan fingerprint density at radius 3 is 1.32 bits per heavy atom. The summed E-state index contributed by atoms with van der Waals surface area (Å²) in [6.07, 6.45) is 0. The Kier molecular flexibility index (Phi) is 7.27. The number of nitrogens with zero attached hydrogens (tertiary/aromatic N) is 8. The maximum atomic E-state index is 4.18. The molecule has 0 saturated carbocycles. The second-order valence-corrected chi connectivity index (χ2v) is 9.49. The van der Waals surface area contributed by atoms with Crippen LogP contribution in [-0.4, -0.2) is 40.4 Å². The smallest absolute Gasteiger partial charge is 0.209 e. The second kappa shape index (κ2) is 11.1. The van der Waals surface area contributed by atoms with Gasteiger partial charge >= 0.3 is 0 Å². The predicted octanol–water partition coefficient (Wildman–Crippen LogP) is 4.34. The largest absolute Gasteiger partial charge is 0.216 e. The molecular formula is C24H22N8S2. The van der Waals surface area contributed by atoms with Gasteiger partial charge in [0.1, 0.15) is 0 Å². The molecule has 2 heterocycles. The van der Waals surface area contributed by atoms with Gasteiger partial charge < -0.3 is 0 Å². The topological polar surface area (TPSA) is 87.2 Å². The van der Waals surface area contributed by atoms with Crippen LogP contribution >= 0.6 is 23.5 Å². The summed E-state index contributed by atoms with van der Waals surface area (Å²) in [6, 6.07) is 29.0. The van der Waals surface area contributed by atoms with Gasteiger partial charge in [-0.1, -0.05) is 108 Å². The first-order chi connectivity index (χ1) is 16.8. The normalized spacial score (nSPS) is 11.1. The van der Waals surface area contributed by atoms with E-state index in [2.05, 4.69) is 79.6 Å². The average Bonchev–Trinajstić information content (AvgIpc) is 3.52. The molecule has 0 fully saturated rings. The minimum Gasteiger partial charge on any atom is -0.216 e. The van der Waals surface area contributed by atoms with Crippen LogP contribution in [0.2, 0.25) is 0 Å². The molecule has 8 nitrogen and oxygen atoms in total. The van der Waals surface area contributed by atoms with Crippen molar-refractivity contribution in [2.24, 2.45) is 0 Å². The minimum absolute atomic E-state index is 0.663. The Morgan fingerprint density at radius 1 is 0.500 bits per heavy atom.